The molecule has 0 saturated carbocycles. The molecule has 3 rings (SSSR count). The molecule has 0 spiro atoms. The molecule has 0 unspecified atom stereocenters. The Balaban J connectivity index is 2.41. The van der Waals surface area contributed by atoms with Gasteiger partial charge >= 0.3 is 0 Å². The molecule has 0 radical (unpaired) electrons. The number of fused-ring (bicyclic) bond motifs is 3. The zero-order valence-corrected chi connectivity index (χ0v) is 16.3. The predicted molar refractivity (Wildman–Crippen MR) is 99.5 cm³/mol. The smallest absolute Gasteiger partial charge is 0.223 e. The van der Waals surface area contributed by atoms with Gasteiger partial charge in [0, 0.05) is 17.1 Å². The molecule has 0 atom stereocenters. The van der Waals surface area contributed by atoms with Crippen molar-refractivity contribution in [3.05, 3.63) is 33.6 Å². The van der Waals surface area contributed by atoms with Crippen LogP contribution in [0.5, 0.6) is 0 Å². The summed E-state index contributed by atoms with van der Waals surface area (Å²) in [5.41, 5.74) is 9.50. The van der Waals surface area contributed by atoms with Crippen LogP contribution >= 0.6 is 0 Å². The zero-order chi connectivity index (χ0) is 17.4. The monoisotopic (exact) mass is 326 g/mol. The molecule has 1 aliphatic heterocycles. The molecular weight excluding hydrogens is 294 g/mol. The van der Waals surface area contributed by atoms with E-state index in [1.807, 2.05) is 0 Å². The summed E-state index contributed by atoms with van der Waals surface area (Å²) >= 11 is 0. The van der Waals surface area contributed by atoms with Crippen molar-refractivity contribution in [1.29, 1.82) is 0 Å². The molecule has 2 aromatic rings. The van der Waals surface area contributed by atoms with E-state index in [4.69, 9.17) is 5.10 Å². The Morgan fingerprint density at radius 2 is 1.38 bits per heavy atom. The lowest BCUT2D eigenvalue weighted by atomic mass is 9.83. The highest BCUT2D eigenvalue weighted by atomic mass is 15.4. The van der Waals surface area contributed by atoms with E-state index in [0.717, 1.165) is 45.2 Å². The first-order chi connectivity index (χ1) is 11.7. The molecule has 3 heteroatoms. The van der Waals surface area contributed by atoms with Crippen molar-refractivity contribution in [1.82, 2.24) is 9.78 Å². The third-order valence-electron chi connectivity index (χ3n) is 5.68. The Labute approximate surface area is 146 Å². The van der Waals surface area contributed by atoms with Gasteiger partial charge < -0.3 is 0 Å². The fourth-order valence-corrected chi connectivity index (χ4v) is 4.72. The van der Waals surface area contributed by atoms with Crippen LogP contribution in [0.15, 0.2) is 0 Å². The minimum absolute atomic E-state index is 0.941. The molecule has 2 heterocycles. The maximum Gasteiger partial charge on any atom is 0.277 e. The van der Waals surface area contributed by atoms with Crippen molar-refractivity contribution in [2.75, 3.05) is 0 Å². The van der Waals surface area contributed by atoms with Crippen molar-refractivity contribution in [2.24, 2.45) is 0 Å². The molecular formula is C21H32N3+. The molecule has 130 valence electrons. The third-order valence-corrected chi connectivity index (χ3v) is 5.68. The molecule has 24 heavy (non-hydrogen) atoms. The van der Waals surface area contributed by atoms with E-state index in [0.29, 0.717) is 0 Å². The van der Waals surface area contributed by atoms with E-state index in [9.17, 15) is 0 Å². The highest BCUT2D eigenvalue weighted by Gasteiger charge is 2.37. The van der Waals surface area contributed by atoms with Gasteiger partial charge in [-0.1, -0.05) is 34.6 Å². The van der Waals surface area contributed by atoms with Gasteiger partial charge in [0.05, 0.1) is 12.1 Å². The lowest BCUT2D eigenvalue weighted by molar-refractivity contribution is -0.680. The number of hydrogen-bond donors (Lipinski definition) is 0. The molecule has 0 bridgehead atoms. The van der Waals surface area contributed by atoms with E-state index in [1.54, 1.807) is 27.8 Å². The summed E-state index contributed by atoms with van der Waals surface area (Å²) in [4.78, 5) is 0. The summed E-state index contributed by atoms with van der Waals surface area (Å²) in [6.45, 7) is 15.7. The van der Waals surface area contributed by atoms with Crippen LogP contribution in [0.3, 0.4) is 0 Å². The third kappa shape index (κ3) is 2.24. The van der Waals surface area contributed by atoms with Gasteiger partial charge in [0.1, 0.15) is 6.54 Å². The second-order valence-corrected chi connectivity index (χ2v) is 6.68. The molecule has 3 nitrogen and oxygen atoms in total. The van der Waals surface area contributed by atoms with Crippen LogP contribution in [0.25, 0.3) is 11.4 Å². The summed E-state index contributed by atoms with van der Waals surface area (Å²) in [6, 6.07) is 0. The number of aromatic nitrogens is 3. The second kappa shape index (κ2) is 6.70. The van der Waals surface area contributed by atoms with Crippen molar-refractivity contribution in [3.8, 4) is 11.4 Å². The highest BCUT2D eigenvalue weighted by molar-refractivity contribution is 5.71. The molecule has 0 N–H and O–H groups in total. The molecule has 0 saturated heterocycles. The van der Waals surface area contributed by atoms with Crippen molar-refractivity contribution < 1.29 is 4.57 Å². The lowest BCUT2D eigenvalue weighted by Crippen LogP contribution is -2.35. The van der Waals surface area contributed by atoms with E-state index in [2.05, 4.69) is 50.8 Å². The van der Waals surface area contributed by atoms with Crippen LogP contribution in [-0.2, 0) is 45.2 Å². The van der Waals surface area contributed by atoms with Gasteiger partial charge in [-0.15, -0.1) is 4.68 Å². The van der Waals surface area contributed by atoms with E-state index >= 15 is 0 Å². The van der Waals surface area contributed by atoms with Gasteiger partial charge in [-0.25, -0.2) is 4.57 Å². The first kappa shape index (κ1) is 17.2. The summed E-state index contributed by atoms with van der Waals surface area (Å²) in [6.07, 6.45) is 5.52. The topological polar surface area (TPSA) is 21.7 Å². The Bertz CT molecular complexity index is 768. The van der Waals surface area contributed by atoms with Crippen LogP contribution in [0.2, 0.25) is 0 Å². The molecule has 0 aliphatic carbocycles. The van der Waals surface area contributed by atoms with E-state index in [1.165, 1.54) is 17.2 Å². The number of hydrogen-bond acceptors (Lipinski definition) is 1. The molecule has 1 aromatic carbocycles. The van der Waals surface area contributed by atoms with Crippen LogP contribution in [0.1, 0.15) is 75.2 Å². The van der Waals surface area contributed by atoms with Crippen molar-refractivity contribution in [3.63, 3.8) is 0 Å². The average Bonchev–Trinajstić information content (AvgIpc) is 3.16. The normalized spacial score (nSPS) is 12.6. The first-order valence-corrected chi connectivity index (χ1v) is 9.84. The molecule has 0 fully saturated rings. The minimum atomic E-state index is 0.941. The maximum atomic E-state index is 4.88. The van der Waals surface area contributed by atoms with Crippen LogP contribution in [0.4, 0.5) is 0 Å². The van der Waals surface area contributed by atoms with Crippen LogP contribution < -0.4 is 4.57 Å². The zero-order valence-electron chi connectivity index (χ0n) is 16.3. The van der Waals surface area contributed by atoms with Gasteiger partial charge in [0.25, 0.3) is 11.6 Å². The SMILES string of the molecule is CCc1c(CC)c(CC)c2c(c1CC)C[n+]1c(CC)nn(CC)c1-2. The Morgan fingerprint density at radius 3 is 1.88 bits per heavy atom. The summed E-state index contributed by atoms with van der Waals surface area (Å²) in [5, 5.41) is 4.88. The highest BCUT2D eigenvalue weighted by Crippen LogP contribution is 2.39. The van der Waals surface area contributed by atoms with E-state index < -0.39 is 0 Å². The van der Waals surface area contributed by atoms with Crippen molar-refractivity contribution >= 4 is 0 Å². The van der Waals surface area contributed by atoms with Gasteiger partial charge in [0.15, 0.2) is 0 Å². The standard InChI is InChI=1S/C21H32N3/c1-7-14-15(8-2)17(10-4)20-18(16(14)9-3)13-23-19(11-5)22-24(12-6)21(20)23/h7-13H2,1-6H3/q+1. The molecule has 0 amide bonds. The Morgan fingerprint density at radius 1 is 0.792 bits per heavy atom. The second-order valence-electron chi connectivity index (χ2n) is 6.68. The lowest BCUT2D eigenvalue weighted by Gasteiger charge is -2.20. The van der Waals surface area contributed by atoms with Crippen molar-refractivity contribution in [2.45, 2.75) is 86.7 Å². The fraction of sp³-hybridized carbons (Fsp3) is 0.619. The number of aryl methyl sites for hydroxylation is 2. The number of benzene rings is 1. The number of nitrogens with zero attached hydrogens (tertiary/aromatic N) is 3. The quantitative estimate of drug-likeness (QED) is 0.627. The van der Waals surface area contributed by atoms with Crippen LogP contribution in [-0.4, -0.2) is 9.78 Å². The average molecular weight is 327 g/mol. The maximum absolute atomic E-state index is 4.88. The molecule has 1 aliphatic rings. The minimum Gasteiger partial charge on any atom is -0.223 e. The summed E-state index contributed by atoms with van der Waals surface area (Å²) in [7, 11) is 0. The van der Waals surface area contributed by atoms with Gasteiger partial charge in [0.2, 0.25) is 0 Å². The van der Waals surface area contributed by atoms with Gasteiger partial charge in [-0.2, -0.15) is 0 Å². The molecule has 1 aromatic heterocycles. The van der Waals surface area contributed by atoms with Gasteiger partial charge in [-0.05, 0) is 54.9 Å². The fourth-order valence-electron chi connectivity index (χ4n) is 4.72. The summed E-state index contributed by atoms with van der Waals surface area (Å²) < 4.78 is 4.71. The number of rotatable bonds is 6. The first-order valence-electron chi connectivity index (χ1n) is 9.84. The Hall–Kier alpha value is -1.64. The van der Waals surface area contributed by atoms with E-state index in [-0.39, 0.29) is 0 Å². The predicted octanol–water partition coefficient (Wildman–Crippen LogP) is 4.03. The van der Waals surface area contributed by atoms with Gasteiger partial charge in [-0.3, -0.25) is 0 Å². The summed E-state index contributed by atoms with van der Waals surface area (Å²) in [5.74, 6) is 2.58. The Kier molecular flexibility index (Phi) is 4.80. The largest absolute Gasteiger partial charge is 0.277 e. The van der Waals surface area contributed by atoms with Crippen LogP contribution in [0, 0.1) is 0 Å².